The third-order valence-corrected chi connectivity index (χ3v) is 2.44. The quantitative estimate of drug-likeness (QED) is 0.854. The van der Waals surface area contributed by atoms with E-state index in [1.165, 1.54) is 7.11 Å². The van der Waals surface area contributed by atoms with Crippen molar-refractivity contribution in [3.05, 3.63) is 24.0 Å². The Bertz CT molecular complexity index is 613. The lowest BCUT2D eigenvalue weighted by Crippen LogP contribution is -2.16. The number of aromatic nitrogens is 2. The van der Waals surface area contributed by atoms with Gasteiger partial charge in [0, 0.05) is 5.56 Å². The first kappa shape index (κ1) is 15.1. The highest BCUT2D eigenvalue weighted by Gasteiger charge is 2.27. The molecule has 1 heterocycles. The second-order valence-corrected chi connectivity index (χ2v) is 4.08. The molecule has 1 aromatic carbocycles. The largest absolute Gasteiger partial charge is 0.495 e. The van der Waals surface area contributed by atoms with Crippen molar-refractivity contribution in [1.82, 2.24) is 10.1 Å². The number of alkyl halides is 3. The first-order chi connectivity index (χ1) is 9.89. The third kappa shape index (κ3) is 4.09. The monoisotopic (exact) mass is 303 g/mol. The highest BCUT2D eigenvalue weighted by atomic mass is 19.4. The van der Waals surface area contributed by atoms with E-state index in [1.807, 2.05) is 0 Å². The number of nitrogens with zero attached hydrogens (tertiary/aromatic N) is 2. The number of nitrogen functional groups attached to an aromatic ring is 1. The second kappa shape index (κ2) is 6.00. The Morgan fingerprint density at radius 1 is 1.33 bits per heavy atom. The summed E-state index contributed by atoms with van der Waals surface area (Å²) in [7, 11) is 1.48. The highest BCUT2D eigenvalue weighted by Crippen LogP contribution is 2.27. The summed E-state index contributed by atoms with van der Waals surface area (Å²) in [6.45, 7) is -1.76. The lowest BCUT2D eigenvalue weighted by Gasteiger charge is -2.05. The predicted octanol–water partition coefficient (Wildman–Crippen LogP) is 2.41. The molecular weight excluding hydrogens is 291 g/mol. The van der Waals surface area contributed by atoms with Gasteiger partial charge in [0.2, 0.25) is 0 Å². The first-order valence-corrected chi connectivity index (χ1v) is 5.80. The van der Waals surface area contributed by atoms with Gasteiger partial charge in [-0.25, -0.2) is 0 Å². The van der Waals surface area contributed by atoms with Gasteiger partial charge in [-0.05, 0) is 18.2 Å². The van der Waals surface area contributed by atoms with E-state index in [1.54, 1.807) is 18.2 Å². The van der Waals surface area contributed by atoms with Crippen LogP contribution >= 0.6 is 0 Å². The minimum Gasteiger partial charge on any atom is -0.495 e. The van der Waals surface area contributed by atoms with E-state index in [4.69, 9.17) is 15.0 Å². The molecule has 0 amide bonds. The number of methoxy groups -OCH3 is 1. The Hall–Kier alpha value is -2.29. The van der Waals surface area contributed by atoms with Crippen LogP contribution in [0.3, 0.4) is 0 Å². The molecule has 114 valence electrons. The van der Waals surface area contributed by atoms with Crippen molar-refractivity contribution in [3.63, 3.8) is 0 Å². The van der Waals surface area contributed by atoms with Gasteiger partial charge in [0.05, 0.1) is 12.8 Å². The molecule has 0 aliphatic carbocycles. The van der Waals surface area contributed by atoms with E-state index in [-0.39, 0.29) is 11.7 Å². The summed E-state index contributed by atoms with van der Waals surface area (Å²) in [5.74, 6) is 0.644. The Morgan fingerprint density at radius 2 is 2.10 bits per heavy atom. The van der Waals surface area contributed by atoms with E-state index < -0.39 is 19.4 Å². The van der Waals surface area contributed by atoms with Gasteiger partial charge in [-0.1, -0.05) is 5.16 Å². The molecule has 6 nitrogen and oxygen atoms in total. The van der Waals surface area contributed by atoms with Crippen LogP contribution in [0.4, 0.5) is 18.9 Å². The molecule has 2 rings (SSSR count). The summed E-state index contributed by atoms with van der Waals surface area (Å²) in [5, 5.41) is 3.53. The maximum Gasteiger partial charge on any atom is 0.411 e. The van der Waals surface area contributed by atoms with Crippen molar-refractivity contribution in [2.24, 2.45) is 0 Å². The van der Waals surface area contributed by atoms with Crippen LogP contribution in [0.2, 0.25) is 0 Å². The van der Waals surface area contributed by atoms with Gasteiger partial charge >= 0.3 is 6.18 Å². The normalized spacial score (nSPS) is 11.6. The van der Waals surface area contributed by atoms with Crippen LogP contribution in [0.5, 0.6) is 5.75 Å². The fourth-order valence-corrected chi connectivity index (χ4v) is 1.56. The molecule has 0 saturated heterocycles. The average Bonchev–Trinajstić information content (AvgIpc) is 2.86. The molecule has 0 saturated carbocycles. The summed E-state index contributed by atoms with van der Waals surface area (Å²) in [6.07, 6.45) is -4.39. The molecule has 21 heavy (non-hydrogen) atoms. The van der Waals surface area contributed by atoms with Gasteiger partial charge in [-0.2, -0.15) is 18.2 Å². The van der Waals surface area contributed by atoms with Gasteiger partial charge in [-0.15, -0.1) is 0 Å². The van der Waals surface area contributed by atoms with E-state index in [0.717, 1.165) is 0 Å². The Kier molecular flexibility index (Phi) is 4.32. The van der Waals surface area contributed by atoms with Crippen molar-refractivity contribution in [2.45, 2.75) is 12.8 Å². The number of ether oxygens (including phenoxy) is 2. The molecule has 0 radical (unpaired) electrons. The fraction of sp³-hybridized carbons (Fsp3) is 0.333. The molecule has 0 aliphatic heterocycles. The smallest absolute Gasteiger partial charge is 0.411 e. The Balaban J connectivity index is 2.04. The standard InChI is InChI=1S/C12H12F3N3O3/c1-19-9-3-2-7(4-8(9)16)11-17-10(18-21-11)5-20-6-12(13,14)15/h2-4H,5-6,16H2,1H3. The average molecular weight is 303 g/mol. The molecule has 0 spiro atoms. The number of benzene rings is 1. The Labute approximate surface area is 117 Å². The Morgan fingerprint density at radius 3 is 2.71 bits per heavy atom. The van der Waals surface area contributed by atoms with Crippen LogP contribution in [0.15, 0.2) is 22.7 Å². The number of halogens is 3. The molecule has 2 aromatic rings. The van der Waals surface area contributed by atoms with Gasteiger partial charge in [0.25, 0.3) is 5.89 Å². The van der Waals surface area contributed by atoms with Crippen LogP contribution in [0.25, 0.3) is 11.5 Å². The van der Waals surface area contributed by atoms with Gasteiger partial charge in [-0.3, -0.25) is 0 Å². The van der Waals surface area contributed by atoms with Crippen molar-refractivity contribution in [1.29, 1.82) is 0 Å². The molecule has 2 N–H and O–H groups in total. The summed E-state index contributed by atoms with van der Waals surface area (Å²) >= 11 is 0. The molecule has 9 heteroatoms. The van der Waals surface area contributed by atoms with Crippen LogP contribution in [0.1, 0.15) is 5.82 Å². The van der Waals surface area contributed by atoms with Gasteiger partial charge in [0.1, 0.15) is 19.0 Å². The van der Waals surface area contributed by atoms with Gasteiger partial charge in [0.15, 0.2) is 5.82 Å². The number of hydrogen-bond acceptors (Lipinski definition) is 6. The van der Waals surface area contributed by atoms with Crippen molar-refractivity contribution in [3.8, 4) is 17.2 Å². The zero-order chi connectivity index (χ0) is 15.5. The molecule has 1 aromatic heterocycles. The molecule has 0 bridgehead atoms. The predicted molar refractivity (Wildman–Crippen MR) is 66.4 cm³/mol. The SMILES string of the molecule is COc1ccc(-c2nc(COCC(F)(F)F)no2)cc1N. The zero-order valence-electron chi connectivity index (χ0n) is 11.0. The molecule has 0 fully saturated rings. The van der Waals surface area contributed by atoms with Crippen molar-refractivity contribution < 1.29 is 27.2 Å². The van der Waals surface area contributed by atoms with E-state index in [0.29, 0.717) is 17.0 Å². The number of nitrogens with two attached hydrogens (primary N) is 1. The topological polar surface area (TPSA) is 83.4 Å². The third-order valence-electron chi connectivity index (χ3n) is 2.44. The number of anilines is 1. The first-order valence-electron chi connectivity index (χ1n) is 5.80. The second-order valence-electron chi connectivity index (χ2n) is 4.08. The summed E-state index contributed by atoms with van der Waals surface area (Å²) < 4.78 is 50.2. The summed E-state index contributed by atoms with van der Waals surface area (Å²) in [4.78, 5) is 3.93. The maximum atomic E-state index is 11.9. The van der Waals surface area contributed by atoms with Crippen LogP contribution in [-0.4, -0.2) is 30.0 Å². The number of rotatable bonds is 5. The minimum absolute atomic E-state index is 0.0173. The van der Waals surface area contributed by atoms with Crippen LogP contribution in [0, 0.1) is 0 Å². The van der Waals surface area contributed by atoms with Crippen LogP contribution in [-0.2, 0) is 11.3 Å². The summed E-state index contributed by atoms with van der Waals surface area (Å²) in [6, 6.07) is 4.82. The van der Waals surface area contributed by atoms with Crippen molar-refractivity contribution in [2.75, 3.05) is 19.5 Å². The molecule has 0 aliphatic rings. The lowest BCUT2D eigenvalue weighted by molar-refractivity contribution is -0.177. The van der Waals surface area contributed by atoms with Crippen molar-refractivity contribution >= 4 is 5.69 Å². The lowest BCUT2D eigenvalue weighted by atomic mass is 10.2. The fourth-order valence-electron chi connectivity index (χ4n) is 1.56. The molecule has 0 unspecified atom stereocenters. The maximum absolute atomic E-state index is 11.9. The summed E-state index contributed by atoms with van der Waals surface area (Å²) in [5.41, 5.74) is 6.65. The van der Waals surface area contributed by atoms with E-state index >= 15 is 0 Å². The van der Waals surface area contributed by atoms with Gasteiger partial charge < -0.3 is 19.7 Å². The number of hydrogen-bond donors (Lipinski definition) is 1. The van der Waals surface area contributed by atoms with E-state index in [2.05, 4.69) is 14.9 Å². The zero-order valence-corrected chi connectivity index (χ0v) is 11.0. The molecule has 0 atom stereocenters. The molecular formula is C12H12F3N3O3. The van der Waals surface area contributed by atoms with Crippen LogP contribution < -0.4 is 10.5 Å². The van der Waals surface area contributed by atoms with E-state index in [9.17, 15) is 13.2 Å². The highest BCUT2D eigenvalue weighted by molar-refractivity contribution is 5.65. The minimum atomic E-state index is -4.39.